The molecule has 0 aliphatic rings. The molecule has 134 valence electrons. The number of carbonyl (C=O) groups excluding carboxylic acids is 1. The minimum Gasteiger partial charge on any atom is -0.506 e. The van der Waals surface area contributed by atoms with E-state index in [-0.39, 0.29) is 29.2 Å². The monoisotopic (exact) mass is 349 g/mol. The summed E-state index contributed by atoms with van der Waals surface area (Å²) in [6, 6.07) is 11.0. The minimum atomic E-state index is -2.88. The number of aromatic hydroxyl groups is 1. The number of halogens is 2. The number of anilines is 1. The Bertz CT molecular complexity index is 737. The minimum absolute atomic E-state index is 0.0120. The van der Waals surface area contributed by atoms with Crippen molar-refractivity contribution in [3.05, 3.63) is 53.6 Å². The number of carbonyl (C=O) groups is 1. The fourth-order valence-electron chi connectivity index (χ4n) is 2.27. The molecular formula is C19H21F2NO3. The lowest BCUT2D eigenvalue weighted by molar-refractivity contribution is -0.115. The van der Waals surface area contributed by atoms with Gasteiger partial charge >= 0.3 is 6.61 Å². The number of nitrogens with one attached hydrogen (secondary N) is 1. The number of phenolic OH excluding ortho intramolecular Hbond substituents is 1. The molecular weight excluding hydrogens is 328 g/mol. The Morgan fingerprint density at radius 1 is 1.16 bits per heavy atom. The van der Waals surface area contributed by atoms with Gasteiger partial charge in [-0.1, -0.05) is 39.0 Å². The van der Waals surface area contributed by atoms with Crippen molar-refractivity contribution in [3.8, 4) is 11.5 Å². The third-order valence-electron chi connectivity index (χ3n) is 3.65. The third-order valence-corrected chi connectivity index (χ3v) is 3.65. The zero-order valence-corrected chi connectivity index (χ0v) is 14.3. The second kappa shape index (κ2) is 7.51. The second-order valence-corrected chi connectivity index (χ2v) is 6.73. The van der Waals surface area contributed by atoms with Crippen molar-refractivity contribution >= 4 is 11.6 Å². The first-order chi connectivity index (χ1) is 11.6. The Kier molecular flexibility index (Phi) is 5.62. The standard InChI is InChI=1S/C19H21F2NO3/c1-19(2,3)13-6-9-16(23)15(11-13)22-17(24)10-12-4-7-14(8-5-12)25-18(20)21/h4-9,11,18,23H,10H2,1-3H3,(H,22,24). The smallest absolute Gasteiger partial charge is 0.387 e. The highest BCUT2D eigenvalue weighted by atomic mass is 19.3. The largest absolute Gasteiger partial charge is 0.506 e. The van der Waals surface area contributed by atoms with Crippen molar-refractivity contribution in [2.75, 3.05) is 5.32 Å². The van der Waals surface area contributed by atoms with Crippen LogP contribution in [-0.4, -0.2) is 17.6 Å². The first-order valence-corrected chi connectivity index (χ1v) is 7.82. The molecule has 2 aromatic carbocycles. The number of alkyl halides is 2. The molecule has 1 amide bonds. The van der Waals surface area contributed by atoms with Gasteiger partial charge in [0, 0.05) is 0 Å². The molecule has 25 heavy (non-hydrogen) atoms. The number of phenols is 1. The molecule has 0 aromatic heterocycles. The van der Waals surface area contributed by atoms with Crippen LogP contribution in [0.3, 0.4) is 0 Å². The third kappa shape index (κ3) is 5.45. The summed E-state index contributed by atoms with van der Waals surface area (Å²) in [5.74, 6) is -0.291. The molecule has 4 nitrogen and oxygen atoms in total. The van der Waals surface area contributed by atoms with E-state index in [1.165, 1.54) is 12.1 Å². The highest BCUT2D eigenvalue weighted by Crippen LogP contribution is 2.30. The highest BCUT2D eigenvalue weighted by Gasteiger charge is 2.16. The van der Waals surface area contributed by atoms with Gasteiger partial charge in [0.25, 0.3) is 0 Å². The normalized spacial score (nSPS) is 11.4. The Morgan fingerprint density at radius 2 is 1.80 bits per heavy atom. The molecule has 0 unspecified atom stereocenters. The average Bonchev–Trinajstić information content (AvgIpc) is 2.50. The Balaban J connectivity index is 2.05. The topological polar surface area (TPSA) is 58.6 Å². The van der Waals surface area contributed by atoms with Gasteiger partial charge in [-0.25, -0.2) is 0 Å². The number of hydrogen-bond donors (Lipinski definition) is 2. The van der Waals surface area contributed by atoms with Gasteiger partial charge in [-0.05, 0) is 40.8 Å². The first-order valence-electron chi connectivity index (χ1n) is 7.82. The summed E-state index contributed by atoms with van der Waals surface area (Å²) in [5.41, 5.74) is 1.85. The quantitative estimate of drug-likeness (QED) is 0.783. The SMILES string of the molecule is CC(C)(C)c1ccc(O)c(NC(=O)Cc2ccc(OC(F)F)cc2)c1. The Labute approximate surface area is 145 Å². The molecule has 2 rings (SSSR count). The molecule has 0 radical (unpaired) electrons. The molecule has 2 aromatic rings. The fourth-order valence-corrected chi connectivity index (χ4v) is 2.27. The van der Waals surface area contributed by atoms with Crippen LogP contribution in [0.2, 0.25) is 0 Å². The Hall–Kier alpha value is -2.63. The molecule has 0 saturated heterocycles. The molecule has 6 heteroatoms. The van der Waals surface area contributed by atoms with Gasteiger partial charge < -0.3 is 15.2 Å². The number of benzene rings is 2. The average molecular weight is 349 g/mol. The van der Waals surface area contributed by atoms with E-state index < -0.39 is 6.61 Å². The van der Waals surface area contributed by atoms with E-state index in [1.54, 1.807) is 24.3 Å². The lowest BCUT2D eigenvalue weighted by atomic mass is 9.87. The van der Waals surface area contributed by atoms with E-state index in [9.17, 15) is 18.7 Å². The molecule has 0 atom stereocenters. The molecule has 0 heterocycles. The zero-order valence-electron chi connectivity index (χ0n) is 14.3. The van der Waals surface area contributed by atoms with Crippen molar-refractivity contribution < 1.29 is 23.4 Å². The number of ether oxygens (including phenoxy) is 1. The van der Waals surface area contributed by atoms with Gasteiger partial charge in [-0.2, -0.15) is 8.78 Å². The van der Waals surface area contributed by atoms with Crippen molar-refractivity contribution in [1.82, 2.24) is 0 Å². The zero-order chi connectivity index (χ0) is 18.6. The molecule has 2 N–H and O–H groups in total. The van der Waals surface area contributed by atoms with Crippen LogP contribution in [-0.2, 0) is 16.6 Å². The van der Waals surface area contributed by atoms with Crippen LogP contribution in [0.5, 0.6) is 11.5 Å². The van der Waals surface area contributed by atoms with E-state index in [4.69, 9.17) is 0 Å². The maximum atomic E-state index is 12.2. The summed E-state index contributed by atoms with van der Waals surface area (Å²) in [6.07, 6.45) is 0.0497. The summed E-state index contributed by atoms with van der Waals surface area (Å²) in [5, 5.41) is 12.6. The van der Waals surface area contributed by atoms with Crippen LogP contribution in [0.1, 0.15) is 31.9 Å². The highest BCUT2D eigenvalue weighted by molar-refractivity contribution is 5.93. The van der Waals surface area contributed by atoms with E-state index in [0.717, 1.165) is 5.56 Å². The maximum Gasteiger partial charge on any atom is 0.387 e. The van der Waals surface area contributed by atoms with Gasteiger partial charge in [-0.15, -0.1) is 0 Å². The molecule has 0 fully saturated rings. The predicted octanol–water partition coefficient (Wildman–Crippen LogP) is 4.47. The van der Waals surface area contributed by atoms with Crippen LogP contribution < -0.4 is 10.1 Å². The van der Waals surface area contributed by atoms with Crippen LogP contribution in [0.15, 0.2) is 42.5 Å². The summed E-state index contributed by atoms with van der Waals surface area (Å²) >= 11 is 0. The molecule has 0 aliphatic heterocycles. The second-order valence-electron chi connectivity index (χ2n) is 6.73. The fraction of sp³-hybridized carbons (Fsp3) is 0.316. The summed E-state index contributed by atoms with van der Waals surface area (Å²) in [6.45, 7) is 3.22. The van der Waals surface area contributed by atoms with Crippen LogP contribution in [0, 0.1) is 0 Å². The van der Waals surface area contributed by atoms with Gasteiger partial charge in [0.15, 0.2) is 0 Å². The first kappa shape index (κ1) is 18.7. The Morgan fingerprint density at radius 3 is 2.36 bits per heavy atom. The van der Waals surface area contributed by atoms with Gasteiger partial charge in [0.2, 0.25) is 5.91 Å². The number of amides is 1. The van der Waals surface area contributed by atoms with E-state index >= 15 is 0 Å². The van der Waals surface area contributed by atoms with Crippen molar-refractivity contribution in [3.63, 3.8) is 0 Å². The molecule has 0 aliphatic carbocycles. The van der Waals surface area contributed by atoms with Gasteiger partial charge in [0.1, 0.15) is 11.5 Å². The summed E-state index contributed by atoms with van der Waals surface area (Å²) < 4.78 is 28.5. The predicted molar refractivity (Wildman–Crippen MR) is 92.2 cm³/mol. The summed E-state index contributed by atoms with van der Waals surface area (Å²) in [7, 11) is 0. The van der Waals surface area contributed by atoms with Crippen molar-refractivity contribution in [2.24, 2.45) is 0 Å². The van der Waals surface area contributed by atoms with E-state index in [0.29, 0.717) is 11.3 Å². The van der Waals surface area contributed by atoms with E-state index in [2.05, 4.69) is 10.1 Å². The maximum absolute atomic E-state index is 12.2. The van der Waals surface area contributed by atoms with Gasteiger partial charge in [0.05, 0.1) is 12.1 Å². The molecule has 0 bridgehead atoms. The van der Waals surface area contributed by atoms with E-state index in [1.807, 2.05) is 26.8 Å². The van der Waals surface area contributed by atoms with Crippen LogP contribution in [0.4, 0.5) is 14.5 Å². The summed E-state index contributed by atoms with van der Waals surface area (Å²) in [4.78, 5) is 12.2. The van der Waals surface area contributed by atoms with Gasteiger partial charge in [-0.3, -0.25) is 4.79 Å². The molecule has 0 saturated carbocycles. The lowest BCUT2D eigenvalue weighted by Gasteiger charge is -2.20. The number of rotatable bonds is 5. The number of hydrogen-bond acceptors (Lipinski definition) is 3. The van der Waals surface area contributed by atoms with Crippen molar-refractivity contribution in [2.45, 2.75) is 39.2 Å². The lowest BCUT2D eigenvalue weighted by Crippen LogP contribution is -2.16. The molecule has 0 spiro atoms. The van der Waals surface area contributed by atoms with Crippen LogP contribution in [0.25, 0.3) is 0 Å². The van der Waals surface area contributed by atoms with Crippen molar-refractivity contribution in [1.29, 1.82) is 0 Å². The van der Waals surface area contributed by atoms with Crippen LogP contribution >= 0.6 is 0 Å².